The lowest BCUT2D eigenvalue weighted by Crippen LogP contribution is -2.52. The molecule has 2 aromatic carbocycles. The zero-order valence-corrected chi connectivity index (χ0v) is 15.6. The summed E-state index contributed by atoms with van der Waals surface area (Å²) < 4.78 is 5.22. The lowest BCUT2D eigenvalue weighted by atomic mass is 10.2. The number of benzene rings is 2. The maximum Gasteiger partial charge on any atom is 0.320 e. The van der Waals surface area contributed by atoms with Gasteiger partial charge < -0.3 is 19.4 Å². The predicted molar refractivity (Wildman–Crippen MR) is 105 cm³/mol. The number of carbonyl (C=O) groups is 1. The fourth-order valence-corrected chi connectivity index (χ4v) is 3.27. The quantitative estimate of drug-likeness (QED) is 0.826. The zero-order chi connectivity index (χ0) is 18.4. The van der Waals surface area contributed by atoms with Crippen molar-refractivity contribution in [2.24, 2.45) is 0 Å². The van der Waals surface area contributed by atoms with Crippen LogP contribution in [0.5, 0.6) is 5.75 Å². The number of piperazine rings is 1. The van der Waals surface area contributed by atoms with Crippen molar-refractivity contribution >= 4 is 11.7 Å². The molecule has 3 rings (SSSR count). The maximum atomic E-state index is 12.9. The minimum atomic E-state index is 0.130. The number of ether oxygens (including phenoxy) is 1. The minimum Gasteiger partial charge on any atom is -0.497 e. The fraction of sp³-hybridized carbons (Fsp3) is 0.381. The van der Waals surface area contributed by atoms with Gasteiger partial charge in [0.2, 0.25) is 0 Å². The highest BCUT2D eigenvalue weighted by Crippen LogP contribution is 2.21. The summed E-state index contributed by atoms with van der Waals surface area (Å²) in [6.45, 7) is 6.60. The molecule has 1 aliphatic rings. The van der Waals surface area contributed by atoms with Crippen molar-refractivity contribution < 1.29 is 9.53 Å². The van der Waals surface area contributed by atoms with E-state index in [2.05, 4.69) is 29.2 Å². The van der Waals surface area contributed by atoms with Crippen LogP contribution in [0, 0.1) is 0 Å². The van der Waals surface area contributed by atoms with Crippen molar-refractivity contribution in [3.05, 3.63) is 60.2 Å². The first-order valence-electron chi connectivity index (χ1n) is 9.18. The second-order valence-corrected chi connectivity index (χ2v) is 6.45. The lowest BCUT2D eigenvalue weighted by Gasteiger charge is -2.38. The third-order valence-electron chi connectivity index (χ3n) is 4.86. The van der Waals surface area contributed by atoms with E-state index in [1.165, 1.54) is 11.3 Å². The second kappa shape index (κ2) is 8.61. The smallest absolute Gasteiger partial charge is 0.320 e. The van der Waals surface area contributed by atoms with Crippen LogP contribution in [0.1, 0.15) is 12.5 Å². The molecule has 138 valence electrons. The Labute approximate surface area is 155 Å². The highest BCUT2D eigenvalue weighted by Gasteiger charge is 2.24. The van der Waals surface area contributed by atoms with Gasteiger partial charge in [-0.25, -0.2) is 4.79 Å². The normalized spacial score (nSPS) is 14.2. The number of anilines is 1. The average molecular weight is 353 g/mol. The summed E-state index contributed by atoms with van der Waals surface area (Å²) in [5.41, 5.74) is 2.34. The molecule has 5 nitrogen and oxygen atoms in total. The van der Waals surface area contributed by atoms with Crippen LogP contribution in [-0.4, -0.2) is 55.7 Å². The van der Waals surface area contributed by atoms with Gasteiger partial charge in [0.15, 0.2) is 0 Å². The second-order valence-electron chi connectivity index (χ2n) is 6.45. The first-order chi connectivity index (χ1) is 12.7. The molecular weight excluding hydrogens is 326 g/mol. The molecule has 1 saturated heterocycles. The molecule has 0 saturated carbocycles. The molecule has 0 N–H and O–H groups in total. The van der Waals surface area contributed by atoms with Crippen LogP contribution in [0.4, 0.5) is 10.5 Å². The summed E-state index contributed by atoms with van der Waals surface area (Å²) in [5.74, 6) is 0.863. The molecule has 0 bridgehead atoms. The molecule has 2 amide bonds. The van der Waals surface area contributed by atoms with Gasteiger partial charge in [0.1, 0.15) is 5.75 Å². The van der Waals surface area contributed by atoms with Crippen LogP contribution in [0.3, 0.4) is 0 Å². The Morgan fingerprint density at radius 2 is 1.65 bits per heavy atom. The Kier molecular flexibility index (Phi) is 6.00. The molecular formula is C21H27N3O2. The molecule has 5 heteroatoms. The Bertz CT molecular complexity index is 695. The summed E-state index contributed by atoms with van der Waals surface area (Å²) in [7, 11) is 1.67. The number of urea groups is 1. The van der Waals surface area contributed by atoms with E-state index in [1.54, 1.807) is 7.11 Å². The first-order valence-corrected chi connectivity index (χ1v) is 9.18. The van der Waals surface area contributed by atoms with Gasteiger partial charge in [-0.05, 0) is 36.8 Å². The summed E-state index contributed by atoms with van der Waals surface area (Å²) >= 11 is 0. The van der Waals surface area contributed by atoms with Gasteiger partial charge in [0.05, 0.1) is 7.11 Å². The van der Waals surface area contributed by atoms with Crippen molar-refractivity contribution in [3.8, 4) is 5.75 Å². The topological polar surface area (TPSA) is 36.0 Å². The number of rotatable bonds is 5. The van der Waals surface area contributed by atoms with E-state index in [0.29, 0.717) is 13.1 Å². The zero-order valence-electron chi connectivity index (χ0n) is 15.6. The number of nitrogens with zero attached hydrogens (tertiary/aromatic N) is 3. The van der Waals surface area contributed by atoms with Crippen molar-refractivity contribution in [3.63, 3.8) is 0 Å². The van der Waals surface area contributed by atoms with Crippen LogP contribution in [-0.2, 0) is 6.54 Å². The highest BCUT2D eigenvalue weighted by molar-refractivity contribution is 5.75. The van der Waals surface area contributed by atoms with Gasteiger partial charge >= 0.3 is 6.03 Å². The van der Waals surface area contributed by atoms with Crippen molar-refractivity contribution in [2.75, 3.05) is 44.7 Å². The van der Waals surface area contributed by atoms with E-state index in [1.807, 2.05) is 47.1 Å². The molecule has 0 spiro atoms. The standard InChI is InChI=1S/C21H27N3O2/c1-3-22(17-18-7-5-4-6-8-18)21(25)24-15-13-23(14-16-24)19-9-11-20(26-2)12-10-19/h4-12H,3,13-17H2,1-2H3. The molecule has 0 aromatic heterocycles. The first kappa shape index (κ1) is 18.1. The molecule has 0 radical (unpaired) electrons. The van der Waals surface area contributed by atoms with E-state index in [4.69, 9.17) is 4.74 Å². The van der Waals surface area contributed by atoms with E-state index in [-0.39, 0.29) is 6.03 Å². The van der Waals surface area contributed by atoms with Gasteiger partial charge in [-0.3, -0.25) is 0 Å². The van der Waals surface area contributed by atoms with E-state index < -0.39 is 0 Å². The Morgan fingerprint density at radius 1 is 1.00 bits per heavy atom. The summed E-state index contributed by atoms with van der Waals surface area (Å²) in [6, 6.07) is 18.4. The molecule has 0 atom stereocenters. The third-order valence-corrected chi connectivity index (χ3v) is 4.86. The third kappa shape index (κ3) is 4.28. The summed E-state index contributed by atoms with van der Waals surface area (Å²) in [6.07, 6.45) is 0. The Balaban J connectivity index is 1.56. The SMILES string of the molecule is CCN(Cc1ccccc1)C(=O)N1CCN(c2ccc(OC)cc2)CC1. The predicted octanol–water partition coefficient (Wildman–Crippen LogP) is 3.46. The molecule has 1 aliphatic heterocycles. The lowest BCUT2D eigenvalue weighted by molar-refractivity contribution is 0.149. The number of hydrogen-bond donors (Lipinski definition) is 0. The van der Waals surface area contributed by atoms with E-state index >= 15 is 0 Å². The van der Waals surface area contributed by atoms with Gasteiger partial charge in [-0.15, -0.1) is 0 Å². The number of methoxy groups -OCH3 is 1. The number of carbonyl (C=O) groups excluding carboxylic acids is 1. The molecule has 0 aliphatic carbocycles. The van der Waals surface area contributed by atoms with Gasteiger partial charge in [-0.2, -0.15) is 0 Å². The van der Waals surface area contributed by atoms with Gasteiger partial charge in [0.25, 0.3) is 0 Å². The van der Waals surface area contributed by atoms with Crippen LogP contribution < -0.4 is 9.64 Å². The van der Waals surface area contributed by atoms with Crippen molar-refractivity contribution in [2.45, 2.75) is 13.5 Å². The molecule has 1 fully saturated rings. The van der Waals surface area contributed by atoms with Gasteiger partial charge in [-0.1, -0.05) is 30.3 Å². The van der Waals surface area contributed by atoms with E-state index in [9.17, 15) is 4.79 Å². The van der Waals surface area contributed by atoms with Crippen LogP contribution in [0.25, 0.3) is 0 Å². The molecule has 26 heavy (non-hydrogen) atoms. The van der Waals surface area contributed by atoms with Crippen LogP contribution >= 0.6 is 0 Å². The summed E-state index contributed by atoms with van der Waals surface area (Å²) in [5, 5.41) is 0. The van der Waals surface area contributed by atoms with Crippen LogP contribution in [0.15, 0.2) is 54.6 Å². The van der Waals surface area contributed by atoms with E-state index in [0.717, 1.165) is 31.9 Å². The van der Waals surface area contributed by atoms with Crippen LogP contribution in [0.2, 0.25) is 0 Å². The Hall–Kier alpha value is -2.69. The average Bonchev–Trinajstić information content (AvgIpc) is 2.72. The monoisotopic (exact) mass is 353 g/mol. The fourth-order valence-electron chi connectivity index (χ4n) is 3.27. The maximum absolute atomic E-state index is 12.9. The van der Waals surface area contributed by atoms with Crippen molar-refractivity contribution in [1.82, 2.24) is 9.80 Å². The number of hydrogen-bond acceptors (Lipinski definition) is 3. The molecule has 0 unspecified atom stereocenters. The summed E-state index contributed by atoms with van der Waals surface area (Å²) in [4.78, 5) is 19.1. The highest BCUT2D eigenvalue weighted by atomic mass is 16.5. The molecule has 1 heterocycles. The minimum absolute atomic E-state index is 0.130. The van der Waals surface area contributed by atoms with Gasteiger partial charge in [0, 0.05) is 45.0 Å². The Morgan fingerprint density at radius 3 is 2.23 bits per heavy atom. The largest absolute Gasteiger partial charge is 0.497 e. The molecule has 2 aromatic rings. The van der Waals surface area contributed by atoms with Crippen molar-refractivity contribution in [1.29, 1.82) is 0 Å². The number of amides is 2.